The lowest BCUT2D eigenvalue weighted by Crippen LogP contribution is -2.18. The quantitative estimate of drug-likeness (QED) is 0.152. The lowest BCUT2D eigenvalue weighted by atomic mass is 10.0. The molecule has 5 heteroatoms. The Hall–Kier alpha value is -8.54. The molecule has 0 radical (unpaired) electrons. The van der Waals surface area contributed by atoms with Crippen LogP contribution in [0.5, 0.6) is 11.5 Å². The average molecular weight is 824 g/mol. The molecule has 1 aliphatic heterocycles. The molecule has 0 spiro atoms. The molecule has 0 unspecified atom stereocenters. The number of ether oxygens (including phenoxy) is 1. The fourth-order valence-electron chi connectivity index (χ4n) is 9.28. The first kappa shape index (κ1) is 37.2. The Labute approximate surface area is 371 Å². The summed E-state index contributed by atoms with van der Waals surface area (Å²) in [5, 5.41) is 4.55. The molecule has 304 valence electrons. The zero-order chi connectivity index (χ0) is 42.6. The van der Waals surface area contributed by atoms with Crippen molar-refractivity contribution in [2.75, 3.05) is 14.7 Å². The molecule has 0 aliphatic carbocycles. The molecule has 0 saturated carbocycles. The summed E-state index contributed by atoms with van der Waals surface area (Å²) in [6.45, 7) is 2.15. The Morgan fingerprint density at radius 1 is 0.375 bits per heavy atom. The summed E-state index contributed by atoms with van der Waals surface area (Å²) in [5.74, 6) is 1.60. The summed E-state index contributed by atoms with van der Waals surface area (Å²) in [4.78, 5) is 7.10. The van der Waals surface area contributed by atoms with E-state index in [0.717, 1.165) is 101 Å². The molecule has 12 rings (SSSR count). The molecule has 0 bridgehead atoms. The standard InChI is InChI=1S/C59H41N3O2/c1-40-15-13-20-46(35-40)60(44-18-3-2-4-19-44)47-37-48(39-49(38-47)62-54-23-8-11-27-58(54)64-59-28-12-9-24-55(59)62)61(53-25-14-17-42-16-5-6-21-50(42)53)45-32-29-41(30-33-45)43-31-34-57-52(36-43)51-22-7-10-26-56(51)63-57/h2-39H,1H3. The predicted octanol–water partition coefficient (Wildman–Crippen LogP) is 17.2. The fourth-order valence-corrected chi connectivity index (χ4v) is 9.28. The van der Waals surface area contributed by atoms with Gasteiger partial charge in [-0.25, -0.2) is 0 Å². The van der Waals surface area contributed by atoms with Crippen molar-refractivity contribution in [3.8, 4) is 22.6 Å². The van der Waals surface area contributed by atoms with Crippen molar-refractivity contribution in [1.82, 2.24) is 0 Å². The fraction of sp³-hybridized carbons (Fsp3) is 0.0169. The normalized spacial score (nSPS) is 11.9. The maximum Gasteiger partial charge on any atom is 0.151 e. The Kier molecular flexibility index (Phi) is 8.97. The van der Waals surface area contributed by atoms with Gasteiger partial charge < -0.3 is 23.9 Å². The minimum absolute atomic E-state index is 0.801. The molecule has 0 atom stereocenters. The predicted molar refractivity (Wildman–Crippen MR) is 266 cm³/mol. The van der Waals surface area contributed by atoms with E-state index in [-0.39, 0.29) is 0 Å². The maximum absolute atomic E-state index is 6.54. The summed E-state index contributed by atoms with van der Waals surface area (Å²) < 4.78 is 12.7. The van der Waals surface area contributed by atoms with Crippen LogP contribution in [-0.2, 0) is 0 Å². The third-order valence-electron chi connectivity index (χ3n) is 12.2. The number of furan rings is 1. The Balaban J connectivity index is 1.10. The van der Waals surface area contributed by atoms with E-state index in [1.54, 1.807) is 0 Å². The molecule has 1 aliphatic rings. The SMILES string of the molecule is Cc1cccc(N(c2ccccc2)c2cc(N3c4ccccc4Oc4ccccc43)cc(N(c3ccc(-c4ccc5oc6ccccc6c5c4)cc3)c3cccc4ccccc34)c2)c1. The highest BCUT2D eigenvalue weighted by molar-refractivity contribution is 6.06. The van der Waals surface area contributed by atoms with Crippen molar-refractivity contribution in [2.45, 2.75) is 6.92 Å². The van der Waals surface area contributed by atoms with Crippen LogP contribution in [0.4, 0.5) is 51.2 Å². The zero-order valence-corrected chi connectivity index (χ0v) is 35.1. The van der Waals surface area contributed by atoms with E-state index < -0.39 is 0 Å². The van der Waals surface area contributed by atoms with Crippen LogP contribution in [0.15, 0.2) is 235 Å². The van der Waals surface area contributed by atoms with Crippen molar-refractivity contribution >= 4 is 83.9 Å². The second kappa shape index (κ2) is 15.4. The molecule has 10 aromatic carbocycles. The van der Waals surface area contributed by atoms with Gasteiger partial charge in [0.05, 0.1) is 34.1 Å². The van der Waals surface area contributed by atoms with Crippen LogP contribution in [0.25, 0.3) is 43.8 Å². The topological polar surface area (TPSA) is 32.1 Å². The third-order valence-corrected chi connectivity index (χ3v) is 12.2. The van der Waals surface area contributed by atoms with Gasteiger partial charge in [-0.1, -0.05) is 127 Å². The van der Waals surface area contributed by atoms with Gasteiger partial charge in [-0.05, 0) is 132 Å². The number of aryl methyl sites for hydroxylation is 1. The lowest BCUT2D eigenvalue weighted by molar-refractivity contribution is 0.477. The van der Waals surface area contributed by atoms with E-state index in [0.29, 0.717) is 0 Å². The Morgan fingerprint density at radius 2 is 0.969 bits per heavy atom. The third kappa shape index (κ3) is 6.50. The molecule has 0 N–H and O–H groups in total. The van der Waals surface area contributed by atoms with Crippen molar-refractivity contribution in [2.24, 2.45) is 0 Å². The minimum atomic E-state index is 0.801. The van der Waals surface area contributed by atoms with E-state index in [1.165, 1.54) is 10.9 Å². The highest BCUT2D eigenvalue weighted by Gasteiger charge is 2.28. The number of rotatable bonds is 8. The molecule has 5 nitrogen and oxygen atoms in total. The first-order chi connectivity index (χ1) is 31.6. The Bertz CT molecular complexity index is 3470. The van der Waals surface area contributed by atoms with Crippen LogP contribution in [0.3, 0.4) is 0 Å². The van der Waals surface area contributed by atoms with Gasteiger partial charge in [0, 0.05) is 33.2 Å². The largest absolute Gasteiger partial charge is 0.456 e. The molecular formula is C59H41N3O2. The number of hydrogen-bond donors (Lipinski definition) is 0. The van der Waals surface area contributed by atoms with E-state index >= 15 is 0 Å². The smallest absolute Gasteiger partial charge is 0.151 e. The second-order valence-corrected chi connectivity index (χ2v) is 16.3. The summed E-state index contributed by atoms with van der Waals surface area (Å²) in [6.07, 6.45) is 0. The van der Waals surface area contributed by atoms with E-state index in [2.05, 4.69) is 216 Å². The molecular weight excluding hydrogens is 783 g/mol. The number of para-hydroxylation sites is 6. The lowest BCUT2D eigenvalue weighted by Gasteiger charge is -2.35. The molecule has 11 aromatic rings. The first-order valence-corrected chi connectivity index (χ1v) is 21.7. The van der Waals surface area contributed by atoms with Gasteiger partial charge in [0.1, 0.15) is 11.2 Å². The van der Waals surface area contributed by atoms with Gasteiger partial charge in [-0.2, -0.15) is 0 Å². The monoisotopic (exact) mass is 823 g/mol. The molecule has 2 heterocycles. The minimum Gasteiger partial charge on any atom is -0.456 e. The zero-order valence-electron chi connectivity index (χ0n) is 35.1. The summed E-state index contributed by atoms with van der Waals surface area (Å²) >= 11 is 0. The molecule has 0 saturated heterocycles. The number of anilines is 9. The van der Waals surface area contributed by atoms with Crippen LogP contribution in [-0.4, -0.2) is 0 Å². The van der Waals surface area contributed by atoms with Crippen LogP contribution >= 0.6 is 0 Å². The van der Waals surface area contributed by atoms with Crippen LogP contribution in [0.2, 0.25) is 0 Å². The molecule has 1 aromatic heterocycles. The van der Waals surface area contributed by atoms with Crippen LogP contribution < -0.4 is 19.4 Å². The highest BCUT2D eigenvalue weighted by atomic mass is 16.5. The number of hydrogen-bond acceptors (Lipinski definition) is 5. The average Bonchev–Trinajstić information content (AvgIpc) is 3.72. The van der Waals surface area contributed by atoms with Crippen molar-refractivity contribution in [1.29, 1.82) is 0 Å². The van der Waals surface area contributed by atoms with Crippen LogP contribution in [0, 0.1) is 6.92 Å². The highest BCUT2D eigenvalue weighted by Crippen LogP contribution is 2.53. The summed E-state index contributed by atoms with van der Waals surface area (Å²) in [6, 6.07) is 81.8. The van der Waals surface area contributed by atoms with Gasteiger partial charge in [0.25, 0.3) is 0 Å². The van der Waals surface area contributed by atoms with Crippen LogP contribution in [0.1, 0.15) is 5.56 Å². The van der Waals surface area contributed by atoms with Gasteiger partial charge in [-0.3, -0.25) is 0 Å². The molecule has 0 fully saturated rings. The van der Waals surface area contributed by atoms with Crippen molar-refractivity contribution < 1.29 is 9.15 Å². The van der Waals surface area contributed by atoms with Crippen molar-refractivity contribution in [3.05, 3.63) is 236 Å². The summed E-state index contributed by atoms with van der Waals surface area (Å²) in [5.41, 5.74) is 14.4. The first-order valence-electron chi connectivity index (χ1n) is 21.7. The number of benzene rings is 10. The van der Waals surface area contributed by atoms with Gasteiger partial charge >= 0.3 is 0 Å². The van der Waals surface area contributed by atoms with E-state index in [4.69, 9.17) is 9.15 Å². The molecule has 0 amide bonds. The maximum atomic E-state index is 6.54. The van der Waals surface area contributed by atoms with Gasteiger partial charge in [0.15, 0.2) is 11.5 Å². The second-order valence-electron chi connectivity index (χ2n) is 16.3. The van der Waals surface area contributed by atoms with Gasteiger partial charge in [-0.15, -0.1) is 0 Å². The van der Waals surface area contributed by atoms with E-state index in [9.17, 15) is 0 Å². The number of nitrogens with zero attached hydrogens (tertiary/aromatic N) is 3. The summed E-state index contributed by atoms with van der Waals surface area (Å²) in [7, 11) is 0. The van der Waals surface area contributed by atoms with Gasteiger partial charge in [0.2, 0.25) is 0 Å². The Morgan fingerprint density at radius 3 is 1.75 bits per heavy atom. The molecule has 64 heavy (non-hydrogen) atoms. The van der Waals surface area contributed by atoms with Crippen molar-refractivity contribution in [3.63, 3.8) is 0 Å². The number of fused-ring (bicyclic) bond motifs is 6. The van der Waals surface area contributed by atoms with E-state index in [1.807, 2.05) is 36.4 Å².